The Kier molecular flexibility index (Phi) is 5.50. The third-order valence-electron chi connectivity index (χ3n) is 1.61. The van der Waals surface area contributed by atoms with Gasteiger partial charge >= 0.3 is 0 Å². The summed E-state index contributed by atoms with van der Waals surface area (Å²) in [5, 5.41) is 0. The molecule has 0 heterocycles. The monoisotopic (exact) mass is 186 g/mol. The largest absolute Gasteiger partial charge is 0.411 e. The summed E-state index contributed by atoms with van der Waals surface area (Å²) in [6, 6.07) is 0. The fourth-order valence-electron chi connectivity index (χ4n) is 1.08. The van der Waals surface area contributed by atoms with Crippen LogP contribution in [0.1, 0.15) is 26.2 Å². The highest BCUT2D eigenvalue weighted by Crippen LogP contribution is 2.13. The van der Waals surface area contributed by atoms with Gasteiger partial charge in [0, 0.05) is 0 Å². The van der Waals surface area contributed by atoms with Crippen molar-refractivity contribution < 1.29 is 4.43 Å². The Hall–Kier alpha value is -0.0831. The van der Waals surface area contributed by atoms with Gasteiger partial charge in [0.05, 0.1) is 6.10 Å². The Morgan fingerprint density at radius 3 is 2.33 bits per heavy atom. The minimum atomic E-state index is -1.36. The maximum atomic E-state index is 5.91. The number of rotatable bonds is 6. The topological polar surface area (TPSA) is 9.23 Å². The third-order valence-corrected chi connectivity index (χ3v) is 2.62. The van der Waals surface area contributed by atoms with Crippen molar-refractivity contribution in [1.29, 1.82) is 0 Å². The van der Waals surface area contributed by atoms with Crippen molar-refractivity contribution in [1.82, 2.24) is 0 Å². The quantitative estimate of drug-likeness (QED) is 0.455. The van der Waals surface area contributed by atoms with Crippen LogP contribution in [-0.2, 0) is 4.43 Å². The maximum absolute atomic E-state index is 5.91. The molecule has 0 bridgehead atoms. The zero-order valence-electron chi connectivity index (χ0n) is 8.89. The molecule has 0 amide bonds. The number of hydrogen-bond acceptors (Lipinski definition) is 1. The Morgan fingerprint density at radius 2 is 2.00 bits per heavy atom. The van der Waals surface area contributed by atoms with E-state index in [9.17, 15) is 0 Å². The molecule has 0 aliphatic carbocycles. The summed E-state index contributed by atoms with van der Waals surface area (Å²) in [6.45, 7) is 12.7. The van der Waals surface area contributed by atoms with E-state index < -0.39 is 8.32 Å². The molecule has 1 atom stereocenters. The van der Waals surface area contributed by atoms with Crippen molar-refractivity contribution >= 4 is 8.32 Å². The van der Waals surface area contributed by atoms with E-state index in [1.165, 1.54) is 12.8 Å². The number of hydrogen-bond donors (Lipinski definition) is 0. The molecule has 0 saturated carbocycles. The Balaban J connectivity index is 3.75. The lowest BCUT2D eigenvalue weighted by Crippen LogP contribution is -2.30. The first kappa shape index (κ1) is 11.9. The molecule has 0 N–H and O–H groups in total. The van der Waals surface area contributed by atoms with Crippen molar-refractivity contribution in [3.8, 4) is 0 Å². The molecule has 1 unspecified atom stereocenters. The van der Waals surface area contributed by atoms with Crippen LogP contribution in [0, 0.1) is 0 Å². The molecule has 0 aliphatic heterocycles. The van der Waals surface area contributed by atoms with Crippen LogP contribution in [0.2, 0.25) is 19.6 Å². The summed E-state index contributed by atoms with van der Waals surface area (Å²) >= 11 is 0. The molecule has 0 spiro atoms. The van der Waals surface area contributed by atoms with Crippen LogP contribution in [0.25, 0.3) is 0 Å². The van der Waals surface area contributed by atoms with E-state index in [0.717, 1.165) is 6.42 Å². The zero-order chi connectivity index (χ0) is 9.61. The lowest BCUT2D eigenvalue weighted by Gasteiger charge is -2.23. The van der Waals surface area contributed by atoms with Crippen LogP contribution < -0.4 is 0 Å². The fraction of sp³-hybridized carbons (Fsp3) is 0.800. The summed E-state index contributed by atoms with van der Waals surface area (Å²) in [5.41, 5.74) is 0. The second-order valence-corrected chi connectivity index (χ2v) is 8.61. The molecule has 0 fully saturated rings. The fourth-order valence-corrected chi connectivity index (χ4v) is 2.21. The van der Waals surface area contributed by atoms with Gasteiger partial charge in [-0.2, -0.15) is 0 Å². The first-order chi connectivity index (χ1) is 5.49. The molecule has 0 aromatic heterocycles. The molecule has 0 aromatic carbocycles. The zero-order valence-corrected chi connectivity index (χ0v) is 9.89. The highest BCUT2D eigenvalue weighted by atomic mass is 28.4. The average Bonchev–Trinajstić information content (AvgIpc) is 1.95. The van der Waals surface area contributed by atoms with Crippen molar-refractivity contribution in [2.75, 3.05) is 0 Å². The molecule has 12 heavy (non-hydrogen) atoms. The Labute approximate surface area is 78.0 Å². The molecule has 72 valence electrons. The van der Waals surface area contributed by atoms with E-state index in [4.69, 9.17) is 4.43 Å². The van der Waals surface area contributed by atoms with Crippen molar-refractivity contribution in [3.05, 3.63) is 12.7 Å². The van der Waals surface area contributed by atoms with Gasteiger partial charge in [-0.3, -0.25) is 0 Å². The van der Waals surface area contributed by atoms with E-state index in [2.05, 4.69) is 33.1 Å². The van der Waals surface area contributed by atoms with Crippen LogP contribution in [-0.4, -0.2) is 14.4 Å². The molecule has 0 rings (SSSR count). The lowest BCUT2D eigenvalue weighted by molar-refractivity contribution is 0.228. The second kappa shape index (κ2) is 5.54. The van der Waals surface area contributed by atoms with Crippen molar-refractivity contribution in [2.24, 2.45) is 0 Å². The molecule has 1 nitrogen and oxygen atoms in total. The summed E-state index contributed by atoms with van der Waals surface area (Å²) < 4.78 is 5.91. The van der Waals surface area contributed by atoms with Crippen molar-refractivity contribution in [3.63, 3.8) is 0 Å². The predicted molar refractivity (Wildman–Crippen MR) is 57.9 cm³/mol. The smallest absolute Gasteiger partial charge is 0.184 e. The number of unbranched alkanes of at least 4 members (excludes halogenated alkanes) is 1. The Bertz CT molecular complexity index is 126. The van der Waals surface area contributed by atoms with Gasteiger partial charge in [-0.15, -0.1) is 6.58 Å². The molecule has 2 heteroatoms. The maximum Gasteiger partial charge on any atom is 0.184 e. The van der Waals surface area contributed by atoms with Crippen LogP contribution in [0.5, 0.6) is 0 Å². The second-order valence-electron chi connectivity index (χ2n) is 4.15. The Morgan fingerprint density at radius 1 is 1.42 bits per heavy atom. The molecule has 0 aromatic rings. The molecule has 0 saturated heterocycles. The minimum absolute atomic E-state index is 0.289. The van der Waals surface area contributed by atoms with E-state index in [0.29, 0.717) is 0 Å². The van der Waals surface area contributed by atoms with E-state index in [-0.39, 0.29) is 6.10 Å². The predicted octanol–water partition coefficient (Wildman–Crippen LogP) is 3.58. The minimum Gasteiger partial charge on any atom is -0.411 e. The average molecular weight is 186 g/mol. The van der Waals surface area contributed by atoms with E-state index in [1.54, 1.807) is 0 Å². The van der Waals surface area contributed by atoms with Crippen molar-refractivity contribution in [2.45, 2.75) is 51.9 Å². The van der Waals surface area contributed by atoms with Crippen LogP contribution in [0.4, 0.5) is 0 Å². The molecular formula is C10H22OSi. The van der Waals surface area contributed by atoms with E-state index in [1.807, 2.05) is 6.08 Å². The normalized spacial score (nSPS) is 14.3. The standard InChI is InChI=1S/C10H22OSi/c1-6-8-9-10(7-2)11-12(3,4)5/h7,10H,2,6,8-9H2,1,3-5H3. The SMILES string of the molecule is C=CC(CCCC)O[Si](C)(C)C. The third kappa shape index (κ3) is 6.62. The first-order valence-electron chi connectivity index (χ1n) is 4.80. The van der Waals surface area contributed by atoms with Crippen LogP contribution in [0.15, 0.2) is 12.7 Å². The molecule has 0 aliphatic rings. The van der Waals surface area contributed by atoms with Gasteiger partial charge in [0.25, 0.3) is 0 Å². The summed E-state index contributed by atoms with van der Waals surface area (Å²) in [6.07, 6.45) is 5.83. The summed E-state index contributed by atoms with van der Waals surface area (Å²) in [5.74, 6) is 0. The summed E-state index contributed by atoms with van der Waals surface area (Å²) in [4.78, 5) is 0. The summed E-state index contributed by atoms with van der Waals surface area (Å²) in [7, 11) is -1.36. The van der Waals surface area contributed by atoms with Gasteiger partial charge in [-0.1, -0.05) is 25.8 Å². The van der Waals surface area contributed by atoms with Crippen LogP contribution >= 0.6 is 0 Å². The van der Waals surface area contributed by atoms with Gasteiger partial charge in [-0.05, 0) is 26.1 Å². The first-order valence-corrected chi connectivity index (χ1v) is 8.21. The van der Waals surface area contributed by atoms with Crippen LogP contribution in [0.3, 0.4) is 0 Å². The molecule has 0 radical (unpaired) electrons. The van der Waals surface area contributed by atoms with Gasteiger partial charge in [0.15, 0.2) is 8.32 Å². The van der Waals surface area contributed by atoms with Gasteiger partial charge in [0.2, 0.25) is 0 Å². The highest BCUT2D eigenvalue weighted by Gasteiger charge is 2.18. The highest BCUT2D eigenvalue weighted by molar-refractivity contribution is 6.69. The van der Waals surface area contributed by atoms with Gasteiger partial charge in [-0.25, -0.2) is 0 Å². The van der Waals surface area contributed by atoms with Gasteiger partial charge in [0.1, 0.15) is 0 Å². The lowest BCUT2D eigenvalue weighted by atomic mass is 10.2. The van der Waals surface area contributed by atoms with E-state index >= 15 is 0 Å². The molecular weight excluding hydrogens is 164 g/mol. The van der Waals surface area contributed by atoms with Gasteiger partial charge < -0.3 is 4.43 Å².